The molecule has 1 aliphatic rings. The molecule has 8 nitrogen and oxygen atoms in total. The number of hydrogen-bond acceptors (Lipinski definition) is 7. The highest BCUT2D eigenvalue weighted by molar-refractivity contribution is 5.58. The highest BCUT2D eigenvalue weighted by Crippen LogP contribution is 2.33. The fourth-order valence-corrected chi connectivity index (χ4v) is 3.49. The molecule has 0 N–H and O–H groups in total. The Morgan fingerprint density at radius 2 is 1.72 bits per heavy atom. The van der Waals surface area contributed by atoms with Gasteiger partial charge in [0.25, 0.3) is 0 Å². The van der Waals surface area contributed by atoms with Crippen LogP contribution in [0.5, 0.6) is 11.5 Å². The monoisotopic (exact) mass is 395 g/mol. The molecular formula is C21H25N5O3. The van der Waals surface area contributed by atoms with Gasteiger partial charge in [0.2, 0.25) is 5.95 Å². The number of hydrogen-bond donors (Lipinski definition) is 0. The van der Waals surface area contributed by atoms with Crippen LogP contribution >= 0.6 is 0 Å². The third kappa shape index (κ3) is 3.88. The summed E-state index contributed by atoms with van der Waals surface area (Å²) in [6.07, 6.45) is 7.37. The van der Waals surface area contributed by atoms with Gasteiger partial charge in [0.15, 0.2) is 11.5 Å². The molecule has 8 heteroatoms. The molecule has 4 rings (SSSR count). The zero-order valence-electron chi connectivity index (χ0n) is 16.9. The van der Waals surface area contributed by atoms with Crippen LogP contribution in [0.2, 0.25) is 0 Å². The summed E-state index contributed by atoms with van der Waals surface area (Å²) in [6, 6.07) is 5.99. The van der Waals surface area contributed by atoms with Crippen LogP contribution in [0.3, 0.4) is 0 Å². The molecule has 3 heterocycles. The molecule has 0 aliphatic carbocycles. The molecule has 1 aliphatic heterocycles. The van der Waals surface area contributed by atoms with Gasteiger partial charge in [-0.1, -0.05) is 6.07 Å². The summed E-state index contributed by atoms with van der Waals surface area (Å²) in [7, 11) is 3.28. The molecule has 0 saturated carbocycles. The van der Waals surface area contributed by atoms with E-state index < -0.39 is 0 Å². The second-order valence-corrected chi connectivity index (χ2v) is 6.85. The largest absolute Gasteiger partial charge is 0.493 e. The van der Waals surface area contributed by atoms with E-state index in [0.717, 1.165) is 35.9 Å². The number of benzene rings is 1. The van der Waals surface area contributed by atoms with Gasteiger partial charge in [0.05, 0.1) is 51.7 Å². The van der Waals surface area contributed by atoms with Crippen molar-refractivity contribution in [2.75, 3.05) is 45.4 Å². The maximum Gasteiger partial charge on any atom is 0.225 e. The molecule has 2 aromatic heterocycles. The zero-order chi connectivity index (χ0) is 20.2. The molecule has 3 aromatic rings. The summed E-state index contributed by atoms with van der Waals surface area (Å²) in [4.78, 5) is 15.6. The number of aromatic nitrogens is 4. The molecule has 0 amide bonds. The van der Waals surface area contributed by atoms with Gasteiger partial charge in [-0.3, -0.25) is 0 Å². The number of ether oxygens (including phenoxy) is 3. The highest BCUT2D eigenvalue weighted by Gasteiger charge is 2.17. The number of imidazole rings is 1. The van der Waals surface area contributed by atoms with Crippen molar-refractivity contribution in [3.63, 3.8) is 0 Å². The summed E-state index contributed by atoms with van der Waals surface area (Å²) >= 11 is 0. The van der Waals surface area contributed by atoms with E-state index in [4.69, 9.17) is 14.2 Å². The quantitative estimate of drug-likeness (QED) is 0.635. The Labute approximate surface area is 170 Å². The fourth-order valence-electron chi connectivity index (χ4n) is 3.49. The van der Waals surface area contributed by atoms with E-state index in [0.29, 0.717) is 24.7 Å². The van der Waals surface area contributed by atoms with Crippen molar-refractivity contribution in [3.8, 4) is 22.8 Å². The fraction of sp³-hybridized carbons (Fsp3) is 0.381. The van der Waals surface area contributed by atoms with Crippen LogP contribution in [-0.2, 0) is 4.74 Å². The average molecular weight is 395 g/mol. The average Bonchev–Trinajstić information content (AvgIpc) is 3.28. The van der Waals surface area contributed by atoms with E-state index in [-0.39, 0.29) is 6.04 Å². The summed E-state index contributed by atoms with van der Waals surface area (Å²) in [5, 5.41) is 0. The van der Waals surface area contributed by atoms with Crippen molar-refractivity contribution in [1.29, 1.82) is 0 Å². The summed E-state index contributed by atoms with van der Waals surface area (Å²) in [5.41, 5.74) is 2.97. The molecule has 0 unspecified atom stereocenters. The lowest BCUT2D eigenvalue weighted by Crippen LogP contribution is -2.37. The lowest BCUT2D eigenvalue weighted by atomic mass is 10.1. The minimum Gasteiger partial charge on any atom is -0.493 e. The zero-order valence-corrected chi connectivity index (χ0v) is 16.9. The molecule has 0 radical (unpaired) electrons. The molecular weight excluding hydrogens is 370 g/mol. The number of morpholine rings is 1. The van der Waals surface area contributed by atoms with Crippen LogP contribution in [0.4, 0.5) is 5.95 Å². The highest BCUT2D eigenvalue weighted by atomic mass is 16.5. The van der Waals surface area contributed by atoms with Gasteiger partial charge in [0, 0.05) is 31.0 Å². The minimum absolute atomic E-state index is 0.0474. The van der Waals surface area contributed by atoms with E-state index in [1.807, 2.05) is 43.1 Å². The Kier molecular flexibility index (Phi) is 5.62. The number of anilines is 1. The normalized spacial score (nSPS) is 15.2. The number of nitrogens with zero attached hydrogens (tertiary/aromatic N) is 5. The maximum atomic E-state index is 5.45. The Bertz CT molecular complexity index is 951. The van der Waals surface area contributed by atoms with Crippen LogP contribution in [0, 0.1) is 0 Å². The Morgan fingerprint density at radius 1 is 1.00 bits per heavy atom. The van der Waals surface area contributed by atoms with Crippen LogP contribution in [0.1, 0.15) is 18.5 Å². The van der Waals surface area contributed by atoms with Gasteiger partial charge < -0.3 is 23.7 Å². The van der Waals surface area contributed by atoms with Crippen LogP contribution in [-0.4, -0.2) is 60.0 Å². The molecule has 1 atom stereocenters. The van der Waals surface area contributed by atoms with Gasteiger partial charge in [-0.05, 0) is 24.6 Å². The van der Waals surface area contributed by atoms with Crippen LogP contribution < -0.4 is 14.4 Å². The van der Waals surface area contributed by atoms with E-state index in [1.54, 1.807) is 14.2 Å². The van der Waals surface area contributed by atoms with Gasteiger partial charge in [-0.15, -0.1) is 0 Å². The lowest BCUT2D eigenvalue weighted by Gasteiger charge is -2.26. The molecule has 1 fully saturated rings. The summed E-state index contributed by atoms with van der Waals surface area (Å²) < 4.78 is 18.3. The number of rotatable bonds is 6. The van der Waals surface area contributed by atoms with E-state index >= 15 is 0 Å². The molecule has 29 heavy (non-hydrogen) atoms. The van der Waals surface area contributed by atoms with Crippen molar-refractivity contribution >= 4 is 5.95 Å². The van der Waals surface area contributed by atoms with Gasteiger partial charge in [-0.2, -0.15) is 0 Å². The van der Waals surface area contributed by atoms with Crippen LogP contribution in [0.25, 0.3) is 11.3 Å². The first-order valence-corrected chi connectivity index (χ1v) is 9.60. The molecule has 1 aromatic carbocycles. The summed E-state index contributed by atoms with van der Waals surface area (Å²) in [6.45, 7) is 5.16. The van der Waals surface area contributed by atoms with Crippen molar-refractivity contribution < 1.29 is 14.2 Å². The van der Waals surface area contributed by atoms with Gasteiger partial charge in [-0.25, -0.2) is 15.0 Å². The number of methoxy groups -OCH3 is 2. The van der Waals surface area contributed by atoms with E-state index in [9.17, 15) is 0 Å². The second kappa shape index (κ2) is 8.48. The molecule has 152 valence electrons. The van der Waals surface area contributed by atoms with E-state index in [2.05, 4.69) is 31.3 Å². The Morgan fingerprint density at radius 3 is 2.41 bits per heavy atom. The standard InChI is InChI=1S/C21H25N5O3/c1-15(16-4-5-19(27-2)20(10-16)28-3)26-14-22-13-18(26)17-11-23-21(24-12-17)25-6-8-29-9-7-25/h4-5,10-15H,6-9H2,1-3H3/t15-/m0/s1. The smallest absolute Gasteiger partial charge is 0.225 e. The van der Waals surface area contributed by atoms with E-state index in [1.165, 1.54) is 0 Å². The predicted molar refractivity (Wildman–Crippen MR) is 110 cm³/mol. The maximum absolute atomic E-state index is 5.45. The Hall–Kier alpha value is -3.13. The molecule has 0 spiro atoms. The Balaban J connectivity index is 1.59. The minimum atomic E-state index is 0.0474. The SMILES string of the molecule is COc1ccc([C@H](C)n2cncc2-c2cnc(N3CCOCC3)nc2)cc1OC. The van der Waals surface area contributed by atoms with Crippen molar-refractivity contribution in [1.82, 2.24) is 19.5 Å². The van der Waals surface area contributed by atoms with Crippen molar-refractivity contribution in [2.45, 2.75) is 13.0 Å². The van der Waals surface area contributed by atoms with Gasteiger partial charge in [0.1, 0.15) is 0 Å². The van der Waals surface area contributed by atoms with Crippen molar-refractivity contribution in [3.05, 3.63) is 48.7 Å². The predicted octanol–water partition coefficient (Wildman–Crippen LogP) is 2.80. The second-order valence-electron chi connectivity index (χ2n) is 6.85. The molecule has 1 saturated heterocycles. The first kappa shape index (κ1) is 19.2. The first-order valence-electron chi connectivity index (χ1n) is 9.60. The third-order valence-corrected chi connectivity index (χ3v) is 5.20. The van der Waals surface area contributed by atoms with Gasteiger partial charge >= 0.3 is 0 Å². The van der Waals surface area contributed by atoms with Crippen LogP contribution in [0.15, 0.2) is 43.1 Å². The lowest BCUT2D eigenvalue weighted by molar-refractivity contribution is 0.122. The third-order valence-electron chi connectivity index (χ3n) is 5.20. The first-order chi connectivity index (χ1) is 14.2. The topological polar surface area (TPSA) is 74.5 Å². The van der Waals surface area contributed by atoms with Crippen molar-refractivity contribution in [2.24, 2.45) is 0 Å². The molecule has 0 bridgehead atoms. The summed E-state index contributed by atoms with van der Waals surface area (Å²) in [5.74, 6) is 2.15.